The number of amides is 1. The highest BCUT2D eigenvalue weighted by Gasteiger charge is 2.23. The highest BCUT2D eigenvalue weighted by molar-refractivity contribution is 6.42. The van der Waals surface area contributed by atoms with E-state index in [1.807, 2.05) is 17.9 Å². The third-order valence-electron chi connectivity index (χ3n) is 3.88. The lowest BCUT2D eigenvalue weighted by Gasteiger charge is -2.34. The van der Waals surface area contributed by atoms with Crippen LogP contribution < -0.4 is 0 Å². The normalized spacial score (nSPS) is 15.9. The Morgan fingerprint density at radius 3 is 2.52 bits per heavy atom. The first kappa shape index (κ1) is 16.3. The van der Waals surface area contributed by atoms with Crippen LogP contribution in [0.1, 0.15) is 21.8 Å². The predicted octanol–water partition coefficient (Wildman–Crippen LogP) is 3.25. The fourth-order valence-electron chi connectivity index (χ4n) is 2.63. The van der Waals surface area contributed by atoms with E-state index in [1.54, 1.807) is 18.2 Å². The maximum Gasteiger partial charge on any atom is 0.253 e. The molecule has 122 valence electrons. The van der Waals surface area contributed by atoms with Crippen molar-refractivity contribution in [1.82, 2.24) is 15.0 Å². The van der Waals surface area contributed by atoms with Gasteiger partial charge in [0.2, 0.25) is 0 Å². The standard InChI is InChI=1S/C16H17Cl2N3O2/c1-11-8-13(23-19-11)10-20-4-6-21(7-5-20)16(22)12-2-3-14(17)15(18)9-12/h2-3,8-9H,4-7,10H2,1H3. The molecule has 23 heavy (non-hydrogen) atoms. The molecule has 0 unspecified atom stereocenters. The molecule has 1 fully saturated rings. The number of halogens is 2. The molecule has 3 rings (SSSR count). The molecule has 0 bridgehead atoms. The Bertz CT molecular complexity index is 709. The average molecular weight is 354 g/mol. The lowest BCUT2D eigenvalue weighted by atomic mass is 10.2. The molecule has 1 aromatic carbocycles. The zero-order valence-electron chi connectivity index (χ0n) is 12.8. The van der Waals surface area contributed by atoms with Gasteiger partial charge in [-0.1, -0.05) is 28.4 Å². The van der Waals surface area contributed by atoms with Crippen LogP contribution in [0.4, 0.5) is 0 Å². The molecule has 0 radical (unpaired) electrons. The molecule has 0 atom stereocenters. The second-order valence-corrected chi connectivity index (χ2v) is 6.45. The maximum absolute atomic E-state index is 12.5. The minimum atomic E-state index is -0.0151. The number of hydrogen-bond acceptors (Lipinski definition) is 4. The van der Waals surface area contributed by atoms with Crippen LogP contribution >= 0.6 is 23.2 Å². The number of benzene rings is 1. The number of rotatable bonds is 3. The van der Waals surface area contributed by atoms with Crippen molar-refractivity contribution in [3.05, 3.63) is 51.3 Å². The first-order valence-electron chi connectivity index (χ1n) is 7.42. The van der Waals surface area contributed by atoms with Crippen molar-refractivity contribution in [1.29, 1.82) is 0 Å². The van der Waals surface area contributed by atoms with Crippen LogP contribution in [0.3, 0.4) is 0 Å². The molecule has 2 heterocycles. The molecule has 1 aliphatic rings. The molecule has 1 amide bonds. The molecular weight excluding hydrogens is 337 g/mol. The molecular formula is C16H17Cl2N3O2. The van der Waals surface area contributed by atoms with Crippen molar-refractivity contribution < 1.29 is 9.32 Å². The van der Waals surface area contributed by atoms with E-state index in [4.69, 9.17) is 27.7 Å². The van der Waals surface area contributed by atoms with Gasteiger partial charge in [-0.25, -0.2) is 0 Å². The minimum absolute atomic E-state index is 0.0151. The van der Waals surface area contributed by atoms with E-state index in [1.165, 1.54) is 0 Å². The van der Waals surface area contributed by atoms with Gasteiger partial charge in [-0.05, 0) is 25.1 Å². The molecule has 0 aliphatic carbocycles. The number of piperazine rings is 1. The topological polar surface area (TPSA) is 49.6 Å². The van der Waals surface area contributed by atoms with E-state index in [9.17, 15) is 4.79 Å². The van der Waals surface area contributed by atoms with E-state index in [0.29, 0.717) is 28.7 Å². The number of aromatic nitrogens is 1. The Morgan fingerprint density at radius 2 is 1.91 bits per heavy atom. The third-order valence-corrected chi connectivity index (χ3v) is 4.62. The Labute approximate surface area is 144 Å². The summed E-state index contributed by atoms with van der Waals surface area (Å²) in [5, 5.41) is 4.74. The van der Waals surface area contributed by atoms with E-state index >= 15 is 0 Å². The third kappa shape index (κ3) is 3.86. The molecule has 1 aliphatic heterocycles. The fourth-order valence-corrected chi connectivity index (χ4v) is 2.93. The number of carbonyl (C=O) groups excluding carboxylic acids is 1. The van der Waals surface area contributed by atoms with Gasteiger partial charge in [-0.3, -0.25) is 9.69 Å². The van der Waals surface area contributed by atoms with Gasteiger partial charge >= 0.3 is 0 Å². The number of hydrogen-bond donors (Lipinski definition) is 0. The summed E-state index contributed by atoms with van der Waals surface area (Å²) < 4.78 is 5.24. The zero-order valence-corrected chi connectivity index (χ0v) is 14.3. The van der Waals surface area contributed by atoms with Gasteiger partial charge in [0.05, 0.1) is 22.3 Å². The van der Waals surface area contributed by atoms with Crippen molar-refractivity contribution in [3.8, 4) is 0 Å². The summed E-state index contributed by atoms with van der Waals surface area (Å²) in [5.41, 5.74) is 1.45. The van der Waals surface area contributed by atoms with E-state index in [0.717, 1.165) is 31.1 Å². The van der Waals surface area contributed by atoms with Crippen LogP contribution in [0, 0.1) is 6.92 Å². The molecule has 1 saturated heterocycles. The molecule has 7 heteroatoms. The van der Waals surface area contributed by atoms with Gasteiger partial charge < -0.3 is 9.42 Å². The van der Waals surface area contributed by atoms with Crippen molar-refractivity contribution in [3.63, 3.8) is 0 Å². The van der Waals surface area contributed by atoms with Crippen LogP contribution in [0.2, 0.25) is 10.0 Å². The predicted molar refractivity (Wildman–Crippen MR) is 88.9 cm³/mol. The fraction of sp³-hybridized carbons (Fsp3) is 0.375. The van der Waals surface area contributed by atoms with Crippen molar-refractivity contribution >= 4 is 29.1 Å². The van der Waals surface area contributed by atoms with Gasteiger partial charge in [0, 0.05) is 37.8 Å². The summed E-state index contributed by atoms with van der Waals surface area (Å²) in [4.78, 5) is 16.6. The SMILES string of the molecule is Cc1cc(CN2CCN(C(=O)c3ccc(Cl)c(Cl)c3)CC2)on1. The monoisotopic (exact) mass is 353 g/mol. The maximum atomic E-state index is 12.5. The van der Waals surface area contributed by atoms with Gasteiger partial charge in [0.1, 0.15) is 0 Å². The second-order valence-electron chi connectivity index (χ2n) is 5.63. The summed E-state index contributed by atoms with van der Waals surface area (Å²) >= 11 is 11.9. The molecule has 1 aromatic heterocycles. The average Bonchev–Trinajstić information content (AvgIpc) is 2.95. The number of carbonyl (C=O) groups is 1. The van der Waals surface area contributed by atoms with Crippen LogP contribution in [0.15, 0.2) is 28.8 Å². The highest BCUT2D eigenvalue weighted by Crippen LogP contribution is 2.23. The smallest absolute Gasteiger partial charge is 0.253 e. The molecule has 5 nitrogen and oxygen atoms in total. The minimum Gasteiger partial charge on any atom is -0.360 e. The Balaban J connectivity index is 1.57. The quantitative estimate of drug-likeness (QED) is 0.849. The largest absolute Gasteiger partial charge is 0.360 e. The zero-order chi connectivity index (χ0) is 16.4. The Morgan fingerprint density at radius 1 is 1.17 bits per heavy atom. The second kappa shape index (κ2) is 6.91. The Hall–Kier alpha value is -1.56. The van der Waals surface area contributed by atoms with Gasteiger partial charge in [-0.2, -0.15) is 0 Å². The van der Waals surface area contributed by atoms with E-state index < -0.39 is 0 Å². The highest BCUT2D eigenvalue weighted by atomic mass is 35.5. The lowest BCUT2D eigenvalue weighted by molar-refractivity contribution is 0.0617. The van der Waals surface area contributed by atoms with E-state index in [2.05, 4.69) is 10.1 Å². The van der Waals surface area contributed by atoms with Crippen LogP contribution in [0.5, 0.6) is 0 Å². The van der Waals surface area contributed by atoms with Crippen LogP contribution in [0.25, 0.3) is 0 Å². The Kier molecular flexibility index (Phi) is 4.90. The molecule has 0 N–H and O–H groups in total. The summed E-state index contributed by atoms with van der Waals surface area (Å²) in [6, 6.07) is 6.92. The summed E-state index contributed by atoms with van der Waals surface area (Å²) in [7, 11) is 0. The molecule has 2 aromatic rings. The van der Waals surface area contributed by atoms with Crippen molar-refractivity contribution in [2.75, 3.05) is 26.2 Å². The van der Waals surface area contributed by atoms with Crippen molar-refractivity contribution in [2.24, 2.45) is 0 Å². The summed E-state index contributed by atoms with van der Waals surface area (Å²) in [5.74, 6) is 0.838. The van der Waals surface area contributed by atoms with Gasteiger partial charge in [-0.15, -0.1) is 0 Å². The lowest BCUT2D eigenvalue weighted by Crippen LogP contribution is -2.48. The number of nitrogens with zero attached hydrogens (tertiary/aromatic N) is 3. The van der Waals surface area contributed by atoms with Crippen molar-refractivity contribution in [2.45, 2.75) is 13.5 Å². The molecule has 0 spiro atoms. The first-order chi connectivity index (χ1) is 11.0. The number of aryl methyl sites for hydroxylation is 1. The molecule has 0 saturated carbocycles. The van der Waals surface area contributed by atoms with Crippen LogP contribution in [-0.4, -0.2) is 47.0 Å². The first-order valence-corrected chi connectivity index (χ1v) is 8.17. The summed E-state index contributed by atoms with van der Waals surface area (Å²) in [6.45, 7) is 5.56. The summed E-state index contributed by atoms with van der Waals surface area (Å²) in [6.07, 6.45) is 0. The van der Waals surface area contributed by atoms with Gasteiger partial charge in [0.25, 0.3) is 5.91 Å². The van der Waals surface area contributed by atoms with Gasteiger partial charge in [0.15, 0.2) is 5.76 Å². The van der Waals surface area contributed by atoms with E-state index in [-0.39, 0.29) is 5.91 Å². The van der Waals surface area contributed by atoms with Crippen LogP contribution in [-0.2, 0) is 6.54 Å².